The summed E-state index contributed by atoms with van der Waals surface area (Å²) in [5, 5.41) is 10.5. The van der Waals surface area contributed by atoms with Crippen LogP contribution >= 0.6 is 0 Å². The molecule has 0 aliphatic rings. The van der Waals surface area contributed by atoms with E-state index < -0.39 is 0 Å². The molecule has 2 aromatic carbocycles. The molecule has 0 unspecified atom stereocenters. The molecule has 0 amide bonds. The lowest BCUT2D eigenvalue weighted by Crippen LogP contribution is -2.19. The highest BCUT2D eigenvalue weighted by Gasteiger charge is 2.03. The molecule has 4 nitrogen and oxygen atoms in total. The van der Waals surface area contributed by atoms with Gasteiger partial charge in [-0.2, -0.15) is 0 Å². The summed E-state index contributed by atoms with van der Waals surface area (Å²) in [6.45, 7) is 0.185. The number of nitrogens with zero attached hydrogens (tertiary/aromatic N) is 1. The van der Waals surface area contributed by atoms with Crippen LogP contribution in [0, 0.1) is 5.41 Å². The maximum Gasteiger partial charge on any atom is 0.133 e. The van der Waals surface area contributed by atoms with Gasteiger partial charge in [0, 0.05) is 11.3 Å². The summed E-state index contributed by atoms with van der Waals surface area (Å²) < 4.78 is 0. The second kappa shape index (κ2) is 6.35. The zero-order valence-corrected chi connectivity index (χ0v) is 10.5. The van der Waals surface area contributed by atoms with Gasteiger partial charge in [0.2, 0.25) is 0 Å². The molecule has 0 atom stereocenters. The largest absolute Gasteiger partial charge is 0.386 e. The van der Waals surface area contributed by atoms with Crippen molar-refractivity contribution in [3.05, 3.63) is 66.2 Å². The third kappa shape index (κ3) is 3.96. The Kier molecular flexibility index (Phi) is 4.29. The second-order valence-electron chi connectivity index (χ2n) is 4.05. The van der Waals surface area contributed by atoms with Crippen molar-refractivity contribution in [3.8, 4) is 0 Å². The smallest absolute Gasteiger partial charge is 0.133 e. The van der Waals surface area contributed by atoms with Crippen LogP contribution in [0.15, 0.2) is 65.7 Å². The first-order chi connectivity index (χ1) is 9.25. The molecule has 0 saturated carbocycles. The fraction of sp³-hybridized carbons (Fsp3) is 0.0667. The Hall–Kier alpha value is -2.62. The molecule has 2 rings (SSSR count). The fourth-order valence-electron chi connectivity index (χ4n) is 1.62. The molecule has 0 aliphatic heterocycles. The Morgan fingerprint density at radius 3 is 2.16 bits per heavy atom. The Morgan fingerprint density at radius 2 is 1.58 bits per heavy atom. The maximum atomic E-state index is 7.27. The number of rotatable bonds is 4. The number of amidine groups is 2. The molecular weight excluding hydrogens is 236 g/mol. The SMILES string of the molecule is N=C(N)CN=C(Nc1ccccc1)c1ccccc1. The van der Waals surface area contributed by atoms with Crippen LogP contribution in [0.4, 0.5) is 5.69 Å². The van der Waals surface area contributed by atoms with Gasteiger partial charge in [-0.25, -0.2) is 0 Å². The van der Waals surface area contributed by atoms with E-state index >= 15 is 0 Å². The van der Waals surface area contributed by atoms with E-state index in [4.69, 9.17) is 11.1 Å². The van der Waals surface area contributed by atoms with E-state index in [0.717, 1.165) is 11.3 Å². The first-order valence-corrected chi connectivity index (χ1v) is 6.00. The molecule has 0 aliphatic carbocycles. The first-order valence-electron chi connectivity index (χ1n) is 6.00. The van der Waals surface area contributed by atoms with Crippen LogP contribution in [-0.2, 0) is 0 Å². The van der Waals surface area contributed by atoms with Crippen molar-refractivity contribution in [1.29, 1.82) is 5.41 Å². The molecule has 0 bridgehead atoms. The predicted molar refractivity (Wildman–Crippen MR) is 79.8 cm³/mol. The molecule has 96 valence electrons. The van der Waals surface area contributed by atoms with Crippen molar-refractivity contribution in [3.63, 3.8) is 0 Å². The monoisotopic (exact) mass is 252 g/mol. The number of benzene rings is 2. The number of hydrogen-bond acceptors (Lipinski definition) is 2. The van der Waals surface area contributed by atoms with Gasteiger partial charge < -0.3 is 11.1 Å². The normalized spacial score (nSPS) is 11.1. The lowest BCUT2D eigenvalue weighted by molar-refractivity contribution is 1.22. The molecule has 0 spiro atoms. The Morgan fingerprint density at radius 1 is 1.00 bits per heavy atom. The molecule has 2 aromatic rings. The zero-order valence-electron chi connectivity index (χ0n) is 10.5. The topological polar surface area (TPSA) is 74.3 Å². The fourth-order valence-corrected chi connectivity index (χ4v) is 1.62. The van der Waals surface area contributed by atoms with Gasteiger partial charge in [-0.05, 0) is 12.1 Å². The van der Waals surface area contributed by atoms with Crippen molar-refractivity contribution < 1.29 is 0 Å². The maximum absolute atomic E-state index is 7.27. The Labute approximate surface area is 112 Å². The number of aliphatic imine (C=N–C) groups is 1. The molecule has 0 aromatic heterocycles. The average molecular weight is 252 g/mol. The summed E-state index contributed by atoms with van der Waals surface area (Å²) in [7, 11) is 0. The number of nitrogens with one attached hydrogen (secondary N) is 2. The van der Waals surface area contributed by atoms with Crippen molar-refractivity contribution in [2.24, 2.45) is 10.7 Å². The van der Waals surface area contributed by atoms with Crippen molar-refractivity contribution in [2.45, 2.75) is 0 Å². The summed E-state index contributed by atoms with van der Waals surface area (Å²) in [6, 6.07) is 19.6. The number of nitrogens with two attached hydrogens (primary N) is 1. The second-order valence-corrected chi connectivity index (χ2v) is 4.05. The molecule has 0 saturated heterocycles. The van der Waals surface area contributed by atoms with Crippen molar-refractivity contribution in [2.75, 3.05) is 11.9 Å². The molecule has 4 heteroatoms. The van der Waals surface area contributed by atoms with E-state index in [9.17, 15) is 0 Å². The summed E-state index contributed by atoms with van der Waals surface area (Å²) >= 11 is 0. The Balaban J connectivity index is 2.25. The number of anilines is 1. The van der Waals surface area contributed by atoms with Crippen molar-refractivity contribution in [1.82, 2.24) is 0 Å². The molecule has 0 heterocycles. The quantitative estimate of drug-likeness (QED) is 0.577. The standard InChI is InChI=1S/C15H16N4/c16-14(17)11-18-15(12-7-3-1-4-8-12)19-13-9-5-2-6-10-13/h1-10H,11H2,(H3,16,17)(H,18,19). The van der Waals surface area contributed by atoms with Gasteiger partial charge in [0.15, 0.2) is 0 Å². The first kappa shape index (κ1) is 12.8. The highest BCUT2D eigenvalue weighted by Crippen LogP contribution is 2.09. The van der Waals surface area contributed by atoms with Gasteiger partial charge >= 0.3 is 0 Å². The summed E-state index contributed by atoms with van der Waals surface area (Å²) in [5.74, 6) is 0.755. The molecule has 0 radical (unpaired) electrons. The Bertz CT molecular complexity index is 561. The highest BCUT2D eigenvalue weighted by molar-refractivity contribution is 6.08. The van der Waals surface area contributed by atoms with Crippen LogP contribution in [0.25, 0.3) is 0 Å². The van der Waals surface area contributed by atoms with E-state index in [1.807, 2.05) is 60.7 Å². The van der Waals surface area contributed by atoms with E-state index in [2.05, 4.69) is 10.3 Å². The van der Waals surface area contributed by atoms with E-state index in [0.29, 0.717) is 5.84 Å². The number of para-hydroxylation sites is 1. The third-order valence-electron chi connectivity index (χ3n) is 2.49. The van der Waals surface area contributed by atoms with Crippen LogP contribution in [-0.4, -0.2) is 18.2 Å². The van der Waals surface area contributed by atoms with E-state index in [1.54, 1.807) is 0 Å². The van der Waals surface area contributed by atoms with Crippen LogP contribution < -0.4 is 11.1 Å². The molecular formula is C15H16N4. The van der Waals surface area contributed by atoms with Gasteiger partial charge in [-0.15, -0.1) is 0 Å². The molecule has 19 heavy (non-hydrogen) atoms. The van der Waals surface area contributed by atoms with Gasteiger partial charge in [0.05, 0.1) is 6.54 Å². The van der Waals surface area contributed by atoms with Crippen LogP contribution in [0.1, 0.15) is 5.56 Å². The van der Waals surface area contributed by atoms with Gasteiger partial charge in [0.25, 0.3) is 0 Å². The van der Waals surface area contributed by atoms with Crippen LogP contribution in [0.3, 0.4) is 0 Å². The van der Waals surface area contributed by atoms with Crippen molar-refractivity contribution >= 4 is 17.4 Å². The minimum Gasteiger partial charge on any atom is -0.386 e. The highest BCUT2D eigenvalue weighted by atomic mass is 15.0. The van der Waals surface area contributed by atoms with Crippen LogP contribution in [0.5, 0.6) is 0 Å². The van der Waals surface area contributed by atoms with E-state index in [-0.39, 0.29) is 12.4 Å². The zero-order chi connectivity index (χ0) is 13.5. The lowest BCUT2D eigenvalue weighted by atomic mass is 10.2. The van der Waals surface area contributed by atoms with Gasteiger partial charge in [-0.1, -0.05) is 48.5 Å². The van der Waals surface area contributed by atoms with E-state index in [1.165, 1.54) is 0 Å². The lowest BCUT2D eigenvalue weighted by Gasteiger charge is -2.10. The minimum atomic E-state index is 0.0447. The third-order valence-corrected chi connectivity index (χ3v) is 2.49. The molecule has 4 N–H and O–H groups in total. The molecule has 0 fully saturated rings. The van der Waals surface area contributed by atoms with Gasteiger partial charge in [0.1, 0.15) is 11.7 Å². The summed E-state index contributed by atoms with van der Waals surface area (Å²) in [6.07, 6.45) is 0. The van der Waals surface area contributed by atoms with Gasteiger partial charge in [-0.3, -0.25) is 10.4 Å². The predicted octanol–water partition coefficient (Wildman–Crippen LogP) is 2.48. The van der Waals surface area contributed by atoms with Crippen LogP contribution in [0.2, 0.25) is 0 Å². The summed E-state index contributed by atoms with van der Waals surface area (Å²) in [5.41, 5.74) is 7.28. The summed E-state index contributed by atoms with van der Waals surface area (Å²) in [4.78, 5) is 4.34. The number of hydrogen-bond donors (Lipinski definition) is 3. The average Bonchev–Trinajstić information content (AvgIpc) is 2.45. The minimum absolute atomic E-state index is 0.0447.